The van der Waals surface area contributed by atoms with Crippen LogP contribution in [0.1, 0.15) is 43.2 Å². The summed E-state index contributed by atoms with van der Waals surface area (Å²) in [4.78, 5) is 13.5. The highest BCUT2D eigenvalue weighted by Gasteiger charge is 2.54. The first-order valence-corrected chi connectivity index (χ1v) is 12.1. The van der Waals surface area contributed by atoms with Crippen molar-refractivity contribution in [2.75, 3.05) is 27.4 Å². The van der Waals surface area contributed by atoms with E-state index in [0.717, 1.165) is 34.9 Å². The fourth-order valence-corrected chi connectivity index (χ4v) is 5.45. The minimum atomic E-state index is -1.27. The van der Waals surface area contributed by atoms with Gasteiger partial charge >= 0.3 is 0 Å². The van der Waals surface area contributed by atoms with Crippen molar-refractivity contribution >= 4 is 10.8 Å². The number of halogens is 1. The normalized spacial score (nSPS) is 26.0. The van der Waals surface area contributed by atoms with Gasteiger partial charge in [-0.2, -0.15) is 0 Å². The van der Waals surface area contributed by atoms with Crippen LogP contribution >= 0.6 is 0 Å². The molecule has 3 heterocycles. The average molecular weight is 498 g/mol. The number of benzene rings is 2. The Balaban J connectivity index is 1.81. The number of ether oxygens (including phenoxy) is 5. The summed E-state index contributed by atoms with van der Waals surface area (Å²) in [6.45, 7) is 6.07. The van der Waals surface area contributed by atoms with E-state index in [9.17, 15) is 4.79 Å². The second-order valence-corrected chi connectivity index (χ2v) is 9.68. The van der Waals surface area contributed by atoms with E-state index in [1.165, 1.54) is 20.3 Å². The lowest BCUT2D eigenvalue weighted by Crippen LogP contribution is -2.60. The van der Waals surface area contributed by atoms with Gasteiger partial charge in [-0.25, -0.2) is 4.39 Å². The zero-order valence-corrected chi connectivity index (χ0v) is 21.6. The van der Waals surface area contributed by atoms with Crippen LogP contribution in [-0.2, 0) is 32.4 Å². The van der Waals surface area contributed by atoms with Crippen molar-refractivity contribution < 1.29 is 28.1 Å². The number of pyridine rings is 1. The molecule has 1 aromatic heterocycles. The van der Waals surface area contributed by atoms with Gasteiger partial charge in [0, 0.05) is 37.8 Å². The number of rotatable bonds is 4. The smallest absolute Gasteiger partial charge is 0.258 e. The van der Waals surface area contributed by atoms with E-state index in [0.29, 0.717) is 29.0 Å². The highest BCUT2D eigenvalue weighted by atomic mass is 19.1. The fraction of sp³-hybridized carbons (Fsp3) is 0.464. The Hall–Kier alpha value is -2.78. The molecule has 5 rings (SSSR count). The molecule has 8 heteroatoms. The molecule has 0 amide bonds. The van der Waals surface area contributed by atoms with Gasteiger partial charge in [-0.05, 0) is 62.3 Å². The summed E-state index contributed by atoms with van der Waals surface area (Å²) in [6, 6.07) is 8.89. The fourth-order valence-electron chi connectivity index (χ4n) is 5.45. The Labute approximate surface area is 209 Å². The summed E-state index contributed by atoms with van der Waals surface area (Å²) < 4.78 is 46.6. The summed E-state index contributed by atoms with van der Waals surface area (Å²) in [5.41, 5.74) is 3.61. The number of hydrogen-bond acceptors (Lipinski definition) is 6. The third-order valence-corrected chi connectivity index (χ3v) is 7.84. The van der Waals surface area contributed by atoms with Gasteiger partial charge in [0.25, 0.3) is 5.56 Å². The number of aromatic nitrogens is 1. The Morgan fingerprint density at radius 1 is 1.11 bits per heavy atom. The van der Waals surface area contributed by atoms with Gasteiger partial charge in [0.1, 0.15) is 6.10 Å². The van der Waals surface area contributed by atoms with Gasteiger partial charge in [0.05, 0.1) is 18.9 Å². The molecule has 3 unspecified atom stereocenters. The molecule has 1 saturated heterocycles. The molecule has 0 saturated carbocycles. The van der Waals surface area contributed by atoms with E-state index in [2.05, 4.69) is 0 Å². The predicted octanol–water partition coefficient (Wildman–Crippen LogP) is 4.79. The molecule has 0 radical (unpaired) electrons. The molecular weight excluding hydrogens is 465 g/mol. The van der Waals surface area contributed by atoms with Crippen LogP contribution in [0.3, 0.4) is 0 Å². The van der Waals surface area contributed by atoms with Crippen molar-refractivity contribution in [3.05, 3.63) is 63.3 Å². The number of methoxy groups -OCH3 is 2. The standard InChI is InChI=1S/C28H32FNO6/c1-16-17-12-9-13-34-25(17)21(29)14-20(16)23-18-10-7-8-11-19(18)26(31)30(4)24(23)22-15-35-27(2,32-5)28(3,33-6)36-22/h7-8,10-11,14,22H,9,12-13,15H2,1-6H3. The third-order valence-electron chi connectivity index (χ3n) is 7.84. The van der Waals surface area contributed by atoms with Crippen molar-refractivity contribution in [2.45, 2.75) is 51.3 Å². The van der Waals surface area contributed by atoms with Gasteiger partial charge < -0.3 is 28.3 Å². The maximum Gasteiger partial charge on any atom is 0.258 e. The summed E-state index contributed by atoms with van der Waals surface area (Å²) >= 11 is 0. The molecule has 2 aromatic carbocycles. The van der Waals surface area contributed by atoms with E-state index in [4.69, 9.17) is 23.7 Å². The maximum absolute atomic E-state index is 15.4. The number of hydrogen-bond donors (Lipinski definition) is 0. The first-order chi connectivity index (χ1) is 17.2. The molecule has 2 aliphatic rings. The topological polar surface area (TPSA) is 68.2 Å². The summed E-state index contributed by atoms with van der Waals surface area (Å²) in [5.74, 6) is -2.53. The Bertz CT molecular complexity index is 1400. The van der Waals surface area contributed by atoms with Crippen molar-refractivity contribution in [2.24, 2.45) is 7.05 Å². The lowest BCUT2D eigenvalue weighted by Gasteiger charge is -2.49. The molecule has 2 aliphatic heterocycles. The Kier molecular flexibility index (Phi) is 6.19. The molecule has 0 spiro atoms. The summed E-state index contributed by atoms with van der Waals surface area (Å²) in [6.07, 6.45) is 0.853. The van der Waals surface area contributed by atoms with Crippen LogP contribution in [0, 0.1) is 12.7 Å². The first-order valence-electron chi connectivity index (χ1n) is 12.1. The summed E-state index contributed by atoms with van der Waals surface area (Å²) in [5, 5.41) is 1.26. The molecule has 3 atom stereocenters. The minimum absolute atomic E-state index is 0.109. The molecule has 7 nitrogen and oxygen atoms in total. The van der Waals surface area contributed by atoms with Crippen molar-refractivity contribution in [1.82, 2.24) is 4.57 Å². The molecule has 192 valence electrons. The highest BCUT2D eigenvalue weighted by molar-refractivity contribution is 5.98. The monoisotopic (exact) mass is 497 g/mol. The van der Waals surface area contributed by atoms with Gasteiger partial charge in [-0.15, -0.1) is 0 Å². The van der Waals surface area contributed by atoms with Crippen LogP contribution in [0.25, 0.3) is 21.9 Å². The van der Waals surface area contributed by atoms with E-state index < -0.39 is 23.5 Å². The molecule has 0 N–H and O–H groups in total. The maximum atomic E-state index is 15.4. The number of fused-ring (bicyclic) bond motifs is 2. The Morgan fingerprint density at radius 2 is 1.81 bits per heavy atom. The zero-order valence-electron chi connectivity index (χ0n) is 21.6. The molecule has 0 bridgehead atoms. The van der Waals surface area contributed by atoms with Gasteiger partial charge in [0.2, 0.25) is 11.6 Å². The highest BCUT2D eigenvalue weighted by Crippen LogP contribution is 2.46. The third kappa shape index (κ3) is 3.58. The molecule has 36 heavy (non-hydrogen) atoms. The van der Waals surface area contributed by atoms with E-state index >= 15 is 4.39 Å². The van der Waals surface area contributed by atoms with Crippen molar-refractivity contribution in [1.29, 1.82) is 0 Å². The largest absolute Gasteiger partial charge is 0.490 e. The average Bonchev–Trinajstić information content (AvgIpc) is 2.90. The second-order valence-electron chi connectivity index (χ2n) is 9.68. The second kappa shape index (κ2) is 8.95. The van der Waals surface area contributed by atoms with Crippen molar-refractivity contribution in [3.8, 4) is 16.9 Å². The van der Waals surface area contributed by atoms with Crippen LogP contribution in [-0.4, -0.2) is 43.6 Å². The van der Waals surface area contributed by atoms with Crippen LogP contribution in [0.4, 0.5) is 4.39 Å². The minimum Gasteiger partial charge on any atom is -0.490 e. The number of nitrogens with zero attached hydrogens (tertiary/aromatic N) is 1. The molecule has 3 aromatic rings. The van der Waals surface area contributed by atoms with Gasteiger partial charge in [-0.3, -0.25) is 4.79 Å². The van der Waals surface area contributed by atoms with E-state index in [-0.39, 0.29) is 12.2 Å². The summed E-state index contributed by atoms with van der Waals surface area (Å²) in [7, 11) is 4.75. The zero-order chi connectivity index (χ0) is 25.8. The van der Waals surface area contributed by atoms with Crippen LogP contribution in [0.15, 0.2) is 35.1 Å². The van der Waals surface area contributed by atoms with Gasteiger partial charge in [0.15, 0.2) is 11.6 Å². The van der Waals surface area contributed by atoms with Gasteiger partial charge in [-0.1, -0.05) is 18.2 Å². The molecule has 0 aliphatic carbocycles. The van der Waals surface area contributed by atoms with E-state index in [1.807, 2.05) is 25.1 Å². The predicted molar refractivity (Wildman–Crippen MR) is 134 cm³/mol. The Morgan fingerprint density at radius 3 is 2.50 bits per heavy atom. The van der Waals surface area contributed by atoms with E-state index in [1.54, 1.807) is 31.5 Å². The van der Waals surface area contributed by atoms with Crippen LogP contribution < -0.4 is 10.3 Å². The van der Waals surface area contributed by atoms with Crippen LogP contribution in [0.2, 0.25) is 0 Å². The molecular formula is C28H32FNO6. The first kappa shape index (κ1) is 24.9. The lowest BCUT2D eigenvalue weighted by molar-refractivity contribution is -0.433. The van der Waals surface area contributed by atoms with Crippen molar-refractivity contribution in [3.63, 3.8) is 0 Å². The van der Waals surface area contributed by atoms with Crippen LogP contribution in [0.5, 0.6) is 5.75 Å². The molecule has 1 fully saturated rings. The quantitative estimate of drug-likeness (QED) is 0.516. The lowest BCUT2D eigenvalue weighted by atomic mass is 9.87. The SMILES string of the molecule is COC1(C)OCC(c2c(-c3cc(F)c4c(c3C)CCCO4)c3ccccc3c(=O)n2C)OC1(C)OC.